The summed E-state index contributed by atoms with van der Waals surface area (Å²) in [6.07, 6.45) is 2.77. The zero-order valence-electron chi connectivity index (χ0n) is 17.1. The van der Waals surface area contributed by atoms with Crippen LogP contribution in [0.2, 0.25) is 0 Å². The van der Waals surface area contributed by atoms with Crippen LogP contribution in [0.5, 0.6) is 0 Å². The number of nitrogens with zero attached hydrogens (tertiary/aromatic N) is 3. The third-order valence-electron chi connectivity index (χ3n) is 5.75. The first-order valence-electron chi connectivity index (χ1n) is 10.2. The van der Waals surface area contributed by atoms with Crippen LogP contribution < -0.4 is 5.32 Å². The molecule has 158 valence electrons. The van der Waals surface area contributed by atoms with Crippen molar-refractivity contribution in [1.82, 2.24) is 15.0 Å². The van der Waals surface area contributed by atoms with Crippen molar-refractivity contribution in [2.75, 3.05) is 5.32 Å². The number of benzene rings is 1. The molecule has 3 aromatic heterocycles. The molecular weight excluding hydrogens is 415 g/mol. The molecule has 0 radical (unpaired) electrons. The molecule has 0 bridgehead atoms. The minimum absolute atomic E-state index is 0.281. The number of anilines is 1. The van der Waals surface area contributed by atoms with E-state index >= 15 is 0 Å². The van der Waals surface area contributed by atoms with Gasteiger partial charge in [-0.2, -0.15) is 0 Å². The van der Waals surface area contributed by atoms with E-state index in [1.165, 1.54) is 11.3 Å². The SMILES string of the molecule is CC[C@@H](O)c1cc(C)c(-c2cc3cnc(NC(=O)[C@H]4C[C@H]4F)cc3c3scnc23)cn1. The van der Waals surface area contributed by atoms with Gasteiger partial charge in [0.15, 0.2) is 0 Å². The molecule has 3 atom stereocenters. The summed E-state index contributed by atoms with van der Waals surface area (Å²) < 4.78 is 14.2. The summed E-state index contributed by atoms with van der Waals surface area (Å²) in [6, 6.07) is 5.76. The summed E-state index contributed by atoms with van der Waals surface area (Å²) in [5.74, 6) is -0.477. The van der Waals surface area contributed by atoms with Crippen molar-refractivity contribution in [2.45, 2.75) is 39.0 Å². The average molecular weight is 437 g/mol. The predicted molar refractivity (Wildman–Crippen MR) is 120 cm³/mol. The highest BCUT2D eigenvalue weighted by atomic mass is 32.1. The third-order valence-corrected chi connectivity index (χ3v) is 6.61. The summed E-state index contributed by atoms with van der Waals surface area (Å²) in [4.78, 5) is 25.5. The first kappa shape index (κ1) is 20.0. The Labute approximate surface area is 182 Å². The number of aromatic nitrogens is 3. The smallest absolute Gasteiger partial charge is 0.231 e. The average Bonchev–Trinajstić information content (AvgIpc) is 3.30. The highest BCUT2D eigenvalue weighted by Crippen LogP contribution is 2.39. The maximum absolute atomic E-state index is 13.2. The second-order valence-electron chi connectivity index (χ2n) is 7.94. The van der Waals surface area contributed by atoms with E-state index in [-0.39, 0.29) is 12.3 Å². The minimum Gasteiger partial charge on any atom is -0.387 e. The summed E-state index contributed by atoms with van der Waals surface area (Å²) >= 11 is 1.52. The molecule has 1 amide bonds. The molecule has 1 fully saturated rings. The van der Waals surface area contributed by atoms with Gasteiger partial charge in [-0.3, -0.25) is 9.78 Å². The van der Waals surface area contributed by atoms with Gasteiger partial charge in [0.25, 0.3) is 0 Å². The number of hydrogen-bond acceptors (Lipinski definition) is 6. The van der Waals surface area contributed by atoms with Gasteiger partial charge in [0.05, 0.1) is 33.4 Å². The Morgan fingerprint density at radius 3 is 2.77 bits per heavy atom. The molecule has 31 heavy (non-hydrogen) atoms. The Balaban J connectivity index is 1.58. The van der Waals surface area contributed by atoms with Crippen molar-refractivity contribution in [3.05, 3.63) is 47.4 Å². The first-order chi connectivity index (χ1) is 15.0. The van der Waals surface area contributed by atoms with Crippen molar-refractivity contribution in [2.24, 2.45) is 5.92 Å². The van der Waals surface area contributed by atoms with E-state index < -0.39 is 18.2 Å². The Morgan fingerprint density at radius 2 is 2.06 bits per heavy atom. The number of amides is 1. The number of rotatable bonds is 5. The van der Waals surface area contributed by atoms with Crippen LogP contribution in [0.4, 0.5) is 10.2 Å². The van der Waals surface area contributed by atoms with Crippen LogP contribution in [0, 0.1) is 12.8 Å². The summed E-state index contributed by atoms with van der Waals surface area (Å²) in [5, 5.41) is 14.7. The Hall–Kier alpha value is -2.97. The van der Waals surface area contributed by atoms with Crippen LogP contribution in [-0.2, 0) is 4.79 Å². The second-order valence-corrected chi connectivity index (χ2v) is 8.80. The number of carbonyl (C=O) groups is 1. The number of hydrogen-bond donors (Lipinski definition) is 2. The molecule has 8 heteroatoms. The number of halogens is 1. The topological polar surface area (TPSA) is 88.0 Å². The van der Waals surface area contributed by atoms with E-state index in [0.29, 0.717) is 17.9 Å². The van der Waals surface area contributed by atoms with Crippen molar-refractivity contribution in [1.29, 1.82) is 0 Å². The van der Waals surface area contributed by atoms with Crippen molar-refractivity contribution < 1.29 is 14.3 Å². The monoisotopic (exact) mass is 436 g/mol. The van der Waals surface area contributed by atoms with Gasteiger partial charge in [-0.1, -0.05) is 6.92 Å². The zero-order valence-corrected chi connectivity index (χ0v) is 17.9. The fourth-order valence-electron chi connectivity index (χ4n) is 3.81. The molecule has 4 aromatic rings. The summed E-state index contributed by atoms with van der Waals surface area (Å²) in [5.41, 5.74) is 6.21. The molecule has 0 spiro atoms. The van der Waals surface area contributed by atoms with Gasteiger partial charge >= 0.3 is 0 Å². The van der Waals surface area contributed by atoms with Crippen LogP contribution in [0.25, 0.3) is 32.1 Å². The molecule has 0 aliphatic heterocycles. The number of nitrogens with one attached hydrogen (secondary N) is 1. The van der Waals surface area contributed by atoms with E-state index in [0.717, 1.165) is 37.7 Å². The maximum Gasteiger partial charge on any atom is 0.231 e. The maximum atomic E-state index is 13.2. The molecule has 1 aromatic carbocycles. The number of thiazole rings is 1. The van der Waals surface area contributed by atoms with Crippen molar-refractivity contribution in [3.8, 4) is 11.1 Å². The van der Waals surface area contributed by atoms with E-state index in [4.69, 9.17) is 0 Å². The molecule has 0 unspecified atom stereocenters. The quantitative estimate of drug-likeness (QED) is 0.462. The number of aliphatic hydroxyl groups excluding tert-OH is 1. The number of aliphatic hydroxyl groups is 1. The van der Waals surface area contributed by atoms with Crippen LogP contribution in [0.15, 0.2) is 36.1 Å². The van der Waals surface area contributed by atoms with Gasteiger partial charge in [0.2, 0.25) is 5.91 Å². The Morgan fingerprint density at radius 1 is 1.26 bits per heavy atom. The minimum atomic E-state index is -1.04. The zero-order chi connectivity index (χ0) is 21.7. The van der Waals surface area contributed by atoms with E-state index in [1.807, 2.05) is 32.0 Å². The van der Waals surface area contributed by atoms with Gasteiger partial charge in [0.1, 0.15) is 12.0 Å². The summed E-state index contributed by atoms with van der Waals surface area (Å²) in [7, 11) is 0. The normalized spacial score (nSPS) is 19.0. The van der Waals surface area contributed by atoms with Crippen LogP contribution in [0.1, 0.15) is 37.1 Å². The second kappa shape index (κ2) is 7.62. The largest absolute Gasteiger partial charge is 0.387 e. The van der Waals surface area contributed by atoms with Gasteiger partial charge < -0.3 is 10.4 Å². The molecule has 1 aliphatic carbocycles. The number of pyridine rings is 2. The summed E-state index contributed by atoms with van der Waals surface area (Å²) in [6.45, 7) is 3.92. The molecule has 6 nitrogen and oxygen atoms in total. The van der Waals surface area contributed by atoms with E-state index in [9.17, 15) is 14.3 Å². The Bertz CT molecular complexity index is 1320. The van der Waals surface area contributed by atoms with E-state index in [1.54, 1.807) is 17.9 Å². The van der Waals surface area contributed by atoms with Crippen molar-refractivity contribution >= 4 is 44.1 Å². The molecule has 3 heterocycles. The number of aryl methyl sites for hydroxylation is 1. The van der Waals surface area contributed by atoms with E-state index in [2.05, 4.69) is 20.3 Å². The first-order valence-corrected chi connectivity index (χ1v) is 11.1. The standard InChI is InChI=1S/C23H21FN4O2S/c1-3-19(29)18-4-11(2)16(9-25-18)14-5-12-8-26-20(28-23(30)15-6-17(15)24)7-13(12)22-21(14)27-10-31-22/h4-5,7-10,15,17,19,29H,3,6H2,1-2H3,(H,26,28,30)/t15-,17+,19+/m0/s1. The third kappa shape index (κ3) is 3.55. The Kier molecular flexibility index (Phi) is 4.91. The number of fused-ring (bicyclic) bond motifs is 3. The lowest BCUT2D eigenvalue weighted by atomic mass is 9.97. The lowest BCUT2D eigenvalue weighted by molar-refractivity contribution is -0.117. The van der Waals surface area contributed by atoms with Crippen LogP contribution >= 0.6 is 11.3 Å². The van der Waals surface area contributed by atoms with Crippen LogP contribution in [-0.4, -0.2) is 32.1 Å². The van der Waals surface area contributed by atoms with Gasteiger partial charge in [-0.25, -0.2) is 14.4 Å². The van der Waals surface area contributed by atoms with Gasteiger partial charge in [-0.15, -0.1) is 11.3 Å². The highest BCUT2D eigenvalue weighted by Gasteiger charge is 2.43. The van der Waals surface area contributed by atoms with Crippen molar-refractivity contribution in [3.63, 3.8) is 0 Å². The van der Waals surface area contributed by atoms with Crippen LogP contribution in [0.3, 0.4) is 0 Å². The predicted octanol–water partition coefficient (Wildman–Crippen LogP) is 4.95. The fraction of sp³-hybridized carbons (Fsp3) is 0.304. The molecular formula is C23H21FN4O2S. The molecule has 5 rings (SSSR count). The number of carbonyl (C=O) groups excluding carboxylic acids is 1. The lowest BCUT2D eigenvalue weighted by Crippen LogP contribution is -2.15. The van der Waals surface area contributed by atoms with Gasteiger partial charge in [-0.05, 0) is 43.5 Å². The molecule has 1 aliphatic rings. The van der Waals surface area contributed by atoms with Gasteiger partial charge in [0, 0.05) is 34.3 Å². The fourth-order valence-corrected chi connectivity index (χ4v) is 4.65. The lowest BCUT2D eigenvalue weighted by Gasteiger charge is -2.13. The molecule has 2 N–H and O–H groups in total. The highest BCUT2D eigenvalue weighted by molar-refractivity contribution is 7.17. The molecule has 0 saturated heterocycles. The molecule has 1 saturated carbocycles. The number of alkyl halides is 1.